The number of methoxy groups -OCH3 is 2. The SMILES string of the molecule is COC(=O)C(C)Oc1ccc(C=NNc2nc(N)cs2)cc1OC. The number of nitrogens with two attached hydrogens (primary N) is 1. The van der Waals surface area contributed by atoms with Gasteiger partial charge in [0.2, 0.25) is 5.13 Å². The molecular weight excluding hydrogens is 332 g/mol. The lowest BCUT2D eigenvalue weighted by Gasteiger charge is -2.15. The van der Waals surface area contributed by atoms with Gasteiger partial charge < -0.3 is 19.9 Å². The zero-order chi connectivity index (χ0) is 17.5. The van der Waals surface area contributed by atoms with Gasteiger partial charge in [0.1, 0.15) is 5.82 Å². The molecule has 9 heteroatoms. The number of nitrogens with zero attached hydrogens (tertiary/aromatic N) is 2. The van der Waals surface area contributed by atoms with E-state index < -0.39 is 12.1 Å². The number of nitrogens with one attached hydrogen (secondary N) is 1. The lowest BCUT2D eigenvalue weighted by Crippen LogP contribution is -2.25. The molecule has 0 radical (unpaired) electrons. The second-order valence-corrected chi connectivity index (χ2v) is 5.50. The van der Waals surface area contributed by atoms with Gasteiger partial charge in [-0.05, 0) is 30.7 Å². The highest BCUT2D eigenvalue weighted by atomic mass is 32.1. The third-order valence-corrected chi connectivity index (χ3v) is 3.69. The first-order valence-corrected chi connectivity index (χ1v) is 7.84. The molecule has 0 saturated heterocycles. The maximum atomic E-state index is 11.4. The molecule has 1 heterocycles. The molecule has 0 aliphatic heterocycles. The molecule has 0 aliphatic carbocycles. The van der Waals surface area contributed by atoms with Crippen LogP contribution < -0.4 is 20.6 Å². The van der Waals surface area contributed by atoms with E-state index >= 15 is 0 Å². The number of anilines is 2. The predicted molar refractivity (Wildman–Crippen MR) is 92.8 cm³/mol. The first kappa shape index (κ1) is 17.5. The number of hydrogen-bond acceptors (Lipinski definition) is 9. The smallest absolute Gasteiger partial charge is 0.346 e. The van der Waals surface area contributed by atoms with Crippen LogP contribution in [-0.4, -0.2) is 37.5 Å². The fourth-order valence-electron chi connectivity index (χ4n) is 1.77. The van der Waals surface area contributed by atoms with Crippen LogP contribution in [0.15, 0.2) is 28.7 Å². The zero-order valence-corrected chi connectivity index (χ0v) is 14.3. The minimum atomic E-state index is -0.736. The molecule has 3 N–H and O–H groups in total. The summed E-state index contributed by atoms with van der Waals surface area (Å²) < 4.78 is 15.5. The summed E-state index contributed by atoms with van der Waals surface area (Å²) in [6.45, 7) is 1.60. The Labute approximate surface area is 143 Å². The van der Waals surface area contributed by atoms with Gasteiger partial charge in [0.15, 0.2) is 17.6 Å². The lowest BCUT2D eigenvalue weighted by molar-refractivity contribution is -0.147. The van der Waals surface area contributed by atoms with Crippen molar-refractivity contribution in [3.63, 3.8) is 0 Å². The zero-order valence-electron chi connectivity index (χ0n) is 13.5. The summed E-state index contributed by atoms with van der Waals surface area (Å²) in [7, 11) is 2.82. The minimum Gasteiger partial charge on any atom is -0.493 e. The summed E-state index contributed by atoms with van der Waals surface area (Å²) >= 11 is 1.36. The summed E-state index contributed by atoms with van der Waals surface area (Å²) in [6, 6.07) is 5.21. The van der Waals surface area contributed by atoms with Gasteiger partial charge in [-0.3, -0.25) is 5.43 Å². The standard InChI is InChI=1S/C15H18N4O4S/c1-9(14(20)22-3)23-11-5-4-10(6-12(11)21-2)7-17-19-15-18-13(16)8-24-15/h4-9H,16H2,1-3H3,(H,18,19). The molecule has 0 spiro atoms. The largest absolute Gasteiger partial charge is 0.493 e. The van der Waals surface area contributed by atoms with Gasteiger partial charge in [0, 0.05) is 5.38 Å². The Morgan fingerprint density at radius 2 is 2.21 bits per heavy atom. The van der Waals surface area contributed by atoms with E-state index in [0.717, 1.165) is 5.56 Å². The summed E-state index contributed by atoms with van der Waals surface area (Å²) in [5.74, 6) is 0.900. The monoisotopic (exact) mass is 350 g/mol. The molecule has 8 nitrogen and oxygen atoms in total. The molecule has 1 aromatic carbocycles. The van der Waals surface area contributed by atoms with E-state index in [0.29, 0.717) is 22.4 Å². The van der Waals surface area contributed by atoms with Crippen molar-refractivity contribution in [1.29, 1.82) is 0 Å². The third kappa shape index (κ3) is 4.59. The van der Waals surface area contributed by atoms with Gasteiger partial charge in [0.25, 0.3) is 0 Å². The third-order valence-electron chi connectivity index (χ3n) is 2.92. The van der Waals surface area contributed by atoms with E-state index in [9.17, 15) is 4.79 Å². The first-order chi connectivity index (χ1) is 11.5. The molecule has 128 valence electrons. The van der Waals surface area contributed by atoms with E-state index in [1.54, 1.807) is 36.7 Å². The van der Waals surface area contributed by atoms with Gasteiger partial charge in [-0.1, -0.05) is 0 Å². The van der Waals surface area contributed by atoms with Crippen molar-refractivity contribution in [2.45, 2.75) is 13.0 Å². The quantitative estimate of drug-likeness (QED) is 0.447. The predicted octanol–water partition coefficient (Wildman–Crippen LogP) is 2.12. The van der Waals surface area contributed by atoms with E-state index in [1.165, 1.54) is 25.6 Å². The second kappa shape index (κ2) is 8.16. The molecule has 0 bridgehead atoms. The summed E-state index contributed by atoms with van der Waals surface area (Å²) in [4.78, 5) is 15.5. The lowest BCUT2D eigenvalue weighted by atomic mass is 10.2. The van der Waals surface area contributed by atoms with Crippen molar-refractivity contribution in [2.24, 2.45) is 5.10 Å². The minimum absolute atomic E-state index is 0.438. The van der Waals surface area contributed by atoms with Gasteiger partial charge in [0.05, 0.1) is 20.4 Å². The number of esters is 1. The van der Waals surface area contributed by atoms with Crippen molar-refractivity contribution < 1.29 is 19.0 Å². The number of thiazole rings is 1. The number of carbonyl (C=O) groups is 1. The maximum absolute atomic E-state index is 11.4. The highest BCUT2D eigenvalue weighted by Crippen LogP contribution is 2.28. The van der Waals surface area contributed by atoms with Crippen LogP contribution in [0, 0.1) is 0 Å². The normalized spacial score (nSPS) is 12.0. The van der Waals surface area contributed by atoms with Gasteiger partial charge in [-0.15, -0.1) is 11.3 Å². The van der Waals surface area contributed by atoms with Gasteiger partial charge in [-0.2, -0.15) is 5.10 Å². The van der Waals surface area contributed by atoms with Crippen molar-refractivity contribution >= 4 is 34.5 Å². The Kier molecular flexibility index (Phi) is 5.96. The highest BCUT2D eigenvalue weighted by molar-refractivity contribution is 7.14. The van der Waals surface area contributed by atoms with Crippen LogP contribution >= 0.6 is 11.3 Å². The Morgan fingerprint density at radius 1 is 1.42 bits per heavy atom. The number of hydrazone groups is 1. The number of nitrogen functional groups attached to an aromatic ring is 1. The van der Waals surface area contributed by atoms with Gasteiger partial charge in [-0.25, -0.2) is 9.78 Å². The molecule has 2 aromatic rings. The summed E-state index contributed by atoms with van der Waals surface area (Å²) in [5, 5.41) is 6.40. The highest BCUT2D eigenvalue weighted by Gasteiger charge is 2.17. The molecule has 0 saturated carbocycles. The average Bonchev–Trinajstić information content (AvgIpc) is 3.00. The van der Waals surface area contributed by atoms with Crippen LogP contribution in [0.3, 0.4) is 0 Å². The summed E-state index contributed by atoms with van der Waals surface area (Å²) in [6.07, 6.45) is 0.869. The molecule has 24 heavy (non-hydrogen) atoms. The number of carbonyl (C=O) groups excluding carboxylic acids is 1. The fraction of sp³-hybridized carbons (Fsp3) is 0.267. The Morgan fingerprint density at radius 3 is 2.83 bits per heavy atom. The van der Waals surface area contributed by atoms with Crippen LogP contribution in [0.5, 0.6) is 11.5 Å². The molecule has 1 atom stereocenters. The van der Waals surface area contributed by atoms with E-state index in [4.69, 9.17) is 15.2 Å². The fourth-order valence-corrected chi connectivity index (χ4v) is 2.31. The second-order valence-electron chi connectivity index (χ2n) is 4.64. The molecule has 0 amide bonds. The first-order valence-electron chi connectivity index (χ1n) is 6.96. The number of rotatable bonds is 7. The Hall–Kier alpha value is -2.81. The average molecular weight is 350 g/mol. The molecule has 2 rings (SSSR count). The van der Waals surface area contributed by atoms with Crippen molar-refractivity contribution in [3.8, 4) is 11.5 Å². The molecule has 1 aromatic heterocycles. The molecule has 0 fully saturated rings. The van der Waals surface area contributed by atoms with Crippen molar-refractivity contribution in [2.75, 3.05) is 25.4 Å². The Balaban J connectivity index is 2.06. The topological polar surface area (TPSA) is 108 Å². The molecule has 0 aliphatic rings. The van der Waals surface area contributed by atoms with Crippen LogP contribution in [-0.2, 0) is 9.53 Å². The van der Waals surface area contributed by atoms with E-state index in [1.807, 2.05) is 0 Å². The van der Waals surface area contributed by atoms with E-state index in [2.05, 4.69) is 20.2 Å². The number of ether oxygens (including phenoxy) is 3. The number of hydrogen-bond donors (Lipinski definition) is 2. The van der Waals surface area contributed by atoms with Crippen molar-refractivity contribution in [1.82, 2.24) is 4.98 Å². The number of benzene rings is 1. The van der Waals surface area contributed by atoms with Crippen LogP contribution in [0.4, 0.5) is 10.9 Å². The van der Waals surface area contributed by atoms with E-state index in [-0.39, 0.29) is 0 Å². The van der Waals surface area contributed by atoms with Crippen LogP contribution in [0.1, 0.15) is 12.5 Å². The Bertz CT molecular complexity index is 732. The maximum Gasteiger partial charge on any atom is 0.346 e. The van der Waals surface area contributed by atoms with Gasteiger partial charge >= 0.3 is 5.97 Å². The molecular formula is C15H18N4O4S. The number of aromatic nitrogens is 1. The van der Waals surface area contributed by atoms with Crippen molar-refractivity contribution in [3.05, 3.63) is 29.1 Å². The van der Waals surface area contributed by atoms with Crippen LogP contribution in [0.2, 0.25) is 0 Å². The molecule has 1 unspecified atom stereocenters. The summed E-state index contributed by atoms with van der Waals surface area (Å²) in [5.41, 5.74) is 9.10. The van der Waals surface area contributed by atoms with Crippen LogP contribution in [0.25, 0.3) is 0 Å².